The molecule has 0 saturated carbocycles. The molecular formula is C19H28N2O. The van der Waals surface area contributed by atoms with Gasteiger partial charge in [-0.1, -0.05) is 18.6 Å². The van der Waals surface area contributed by atoms with Crippen LogP contribution < -0.4 is 10.1 Å². The summed E-state index contributed by atoms with van der Waals surface area (Å²) in [5, 5.41) is 3.71. The molecule has 3 aliphatic rings. The Morgan fingerprint density at radius 2 is 2.14 bits per heavy atom. The molecule has 0 spiro atoms. The van der Waals surface area contributed by atoms with Crippen LogP contribution in [0.1, 0.15) is 31.2 Å². The van der Waals surface area contributed by atoms with Gasteiger partial charge in [0.05, 0.1) is 7.11 Å². The third-order valence-corrected chi connectivity index (χ3v) is 6.10. The quantitative estimate of drug-likeness (QED) is 0.929. The molecule has 0 radical (unpaired) electrons. The van der Waals surface area contributed by atoms with Gasteiger partial charge >= 0.3 is 0 Å². The highest BCUT2D eigenvalue weighted by Crippen LogP contribution is 2.40. The normalized spacial score (nSPS) is 35.0. The van der Waals surface area contributed by atoms with E-state index in [1.165, 1.54) is 57.3 Å². The minimum atomic E-state index is 0.710. The number of nitrogens with zero attached hydrogens (tertiary/aromatic N) is 1. The third kappa shape index (κ3) is 2.65. The Bertz CT molecular complexity index is 518. The van der Waals surface area contributed by atoms with Crippen molar-refractivity contribution in [3.8, 4) is 5.75 Å². The van der Waals surface area contributed by atoms with Crippen LogP contribution in [0, 0.1) is 11.8 Å². The Morgan fingerprint density at radius 1 is 1.23 bits per heavy atom. The Labute approximate surface area is 134 Å². The molecule has 3 fully saturated rings. The summed E-state index contributed by atoms with van der Waals surface area (Å²) in [6.45, 7) is 3.75. The first-order valence-corrected chi connectivity index (χ1v) is 8.94. The van der Waals surface area contributed by atoms with Crippen molar-refractivity contribution >= 4 is 0 Å². The lowest BCUT2D eigenvalue weighted by molar-refractivity contribution is -0.0382. The van der Waals surface area contributed by atoms with Crippen molar-refractivity contribution in [1.82, 2.24) is 10.2 Å². The molecule has 3 nitrogen and oxygen atoms in total. The highest BCUT2D eigenvalue weighted by Gasteiger charge is 2.44. The summed E-state index contributed by atoms with van der Waals surface area (Å²) in [6.07, 6.45) is 6.83. The molecule has 0 aromatic heterocycles. The van der Waals surface area contributed by atoms with E-state index in [-0.39, 0.29) is 0 Å². The number of ether oxygens (including phenoxy) is 1. The summed E-state index contributed by atoms with van der Waals surface area (Å²) in [4.78, 5) is 2.88. The second kappa shape index (κ2) is 6.21. The molecular weight excluding hydrogens is 272 g/mol. The first-order chi connectivity index (χ1) is 10.8. The third-order valence-electron chi connectivity index (χ3n) is 6.10. The monoisotopic (exact) mass is 300 g/mol. The van der Waals surface area contributed by atoms with E-state index >= 15 is 0 Å². The molecule has 0 unspecified atom stereocenters. The molecule has 4 rings (SSSR count). The fourth-order valence-corrected chi connectivity index (χ4v) is 5.09. The van der Waals surface area contributed by atoms with Gasteiger partial charge in [-0.15, -0.1) is 0 Å². The second-order valence-corrected chi connectivity index (χ2v) is 7.34. The number of rotatable bonds is 3. The zero-order valence-corrected chi connectivity index (χ0v) is 13.6. The molecule has 3 saturated heterocycles. The lowest BCUT2D eigenvalue weighted by Crippen LogP contribution is -2.63. The van der Waals surface area contributed by atoms with E-state index in [4.69, 9.17) is 4.74 Å². The lowest BCUT2D eigenvalue weighted by atomic mass is 9.71. The zero-order chi connectivity index (χ0) is 14.9. The van der Waals surface area contributed by atoms with Gasteiger partial charge < -0.3 is 10.1 Å². The number of hydrogen-bond acceptors (Lipinski definition) is 3. The van der Waals surface area contributed by atoms with Crippen LogP contribution in [0.2, 0.25) is 0 Å². The van der Waals surface area contributed by atoms with Crippen LogP contribution in [-0.2, 0) is 6.42 Å². The van der Waals surface area contributed by atoms with Crippen LogP contribution in [0.3, 0.4) is 0 Å². The number of nitrogens with one attached hydrogen (secondary N) is 1. The SMILES string of the molecule is COc1cccc(C[C@H]2[C@@H]3CNC[C@@H](C3)[C@@H]3CCCCN32)c1. The van der Waals surface area contributed by atoms with Crippen molar-refractivity contribution in [2.75, 3.05) is 26.7 Å². The minimum absolute atomic E-state index is 0.710. The van der Waals surface area contributed by atoms with E-state index < -0.39 is 0 Å². The summed E-state index contributed by atoms with van der Waals surface area (Å²) in [7, 11) is 1.76. The average molecular weight is 300 g/mol. The van der Waals surface area contributed by atoms with E-state index in [0.717, 1.165) is 23.6 Å². The highest BCUT2D eigenvalue weighted by molar-refractivity contribution is 5.29. The Balaban J connectivity index is 1.57. The molecule has 0 amide bonds. The van der Waals surface area contributed by atoms with Gasteiger partial charge in [-0.3, -0.25) is 4.90 Å². The van der Waals surface area contributed by atoms with Crippen molar-refractivity contribution in [1.29, 1.82) is 0 Å². The number of piperidine rings is 3. The van der Waals surface area contributed by atoms with E-state index in [1.807, 2.05) is 6.07 Å². The molecule has 3 heteroatoms. The first kappa shape index (κ1) is 14.5. The molecule has 2 bridgehead atoms. The van der Waals surface area contributed by atoms with E-state index in [0.29, 0.717) is 6.04 Å². The lowest BCUT2D eigenvalue weighted by Gasteiger charge is -2.55. The fourth-order valence-electron chi connectivity index (χ4n) is 5.09. The van der Waals surface area contributed by atoms with Crippen LogP contribution in [0.25, 0.3) is 0 Å². The van der Waals surface area contributed by atoms with Gasteiger partial charge in [0, 0.05) is 12.1 Å². The van der Waals surface area contributed by atoms with Crippen LogP contribution in [0.4, 0.5) is 0 Å². The Kier molecular flexibility index (Phi) is 4.10. The summed E-state index contributed by atoms with van der Waals surface area (Å²) in [5.74, 6) is 2.70. The minimum Gasteiger partial charge on any atom is -0.497 e. The number of methoxy groups -OCH3 is 1. The molecule has 1 N–H and O–H groups in total. The maximum Gasteiger partial charge on any atom is 0.119 e. The Hall–Kier alpha value is -1.06. The molecule has 3 aliphatic heterocycles. The maximum atomic E-state index is 5.41. The van der Waals surface area contributed by atoms with Crippen molar-refractivity contribution in [3.63, 3.8) is 0 Å². The van der Waals surface area contributed by atoms with Gasteiger partial charge in [-0.25, -0.2) is 0 Å². The van der Waals surface area contributed by atoms with Crippen molar-refractivity contribution < 1.29 is 4.74 Å². The van der Waals surface area contributed by atoms with E-state index in [9.17, 15) is 0 Å². The van der Waals surface area contributed by atoms with Crippen molar-refractivity contribution in [3.05, 3.63) is 29.8 Å². The fraction of sp³-hybridized carbons (Fsp3) is 0.684. The summed E-state index contributed by atoms with van der Waals surface area (Å²) < 4.78 is 5.41. The topological polar surface area (TPSA) is 24.5 Å². The van der Waals surface area contributed by atoms with E-state index in [1.54, 1.807) is 7.11 Å². The molecule has 22 heavy (non-hydrogen) atoms. The van der Waals surface area contributed by atoms with Gasteiger partial charge in [0.1, 0.15) is 5.75 Å². The van der Waals surface area contributed by atoms with Crippen molar-refractivity contribution in [2.45, 2.75) is 44.2 Å². The molecule has 120 valence electrons. The predicted octanol–water partition coefficient (Wildman–Crippen LogP) is 2.70. The van der Waals surface area contributed by atoms with Crippen LogP contribution in [-0.4, -0.2) is 43.7 Å². The van der Waals surface area contributed by atoms with Gasteiger partial charge in [0.25, 0.3) is 0 Å². The standard InChI is InChI=1S/C19H28N2O/c1-22-17-6-4-5-14(9-17)10-19-16-11-15(12-20-13-16)18-7-2-3-8-21(18)19/h4-6,9,15-16,18-20H,2-3,7-8,10-13H2,1H3/t15-,16+,18+,19+/m1/s1. The average Bonchev–Trinajstić information content (AvgIpc) is 2.59. The molecule has 4 atom stereocenters. The van der Waals surface area contributed by atoms with Crippen LogP contribution in [0.15, 0.2) is 24.3 Å². The number of fused-ring (bicyclic) bond motifs is 4. The number of benzene rings is 1. The van der Waals surface area contributed by atoms with Crippen molar-refractivity contribution in [2.24, 2.45) is 11.8 Å². The van der Waals surface area contributed by atoms with Crippen LogP contribution >= 0.6 is 0 Å². The summed E-state index contributed by atoms with van der Waals surface area (Å²) in [5.41, 5.74) is 1.43. The smallest absolute Gasteiger partial charge is 0.119 e. The van der Waals surface area contributed by atoms with E-state index in [2.05, 4.69) is 28.4 Å². The maximum absolute atomic E-state index is 5.41. The summed E-state index contributed by atoms with van der Waals surface area (Å²) >= 11 is 0. The van der Waals surface area contributed by atoms with Gasteiger partial charge in [-0.05, 0) is 74.8 Å². The second-order valence-electron chi connectivity index (χ2n) is 7.34. The molecule has 1 aromatic carbocycles. The van der Waals surface area contributed by atoms with Gasteiger partial charge in [0.2, 0.25) is 0 Å². The van der Waals surface area contributed by atoms with Gasteiger partial charge in [0.15, 0.2) is 0 Å². The van der Waals surface area contributed by atoms with Gasteiger partial charge in [-0.2, -0.15) is 0 Å². The molecule has 3 heterocycles. The largest absolute Gasteiger partial charge is 0.497 e. The summed E-state index contributed by atoms with van der Waals surface area (Å²) in [6, 6.07) is 10.2. The number of hydrogen-bond donors (Lipinski definition) is 1. The first-order valence-electron chi connectivity index (χ1n) is 8.94. The van der Waals surface area contributed by atoms with Crippen LogP contribution in [0.5, 0.6) is 5.75 Å². The zero-order valence-electron chi connectivity index (χ0n) is 13.6. The Morgan fingerprint density at radius 3 is 3.05 bits per heavy atom. The molecule has 0 aliphatic carbocycles. The molecule has 1 aromatic rings. The highest BCUT2D eigenvalue weighted by atomic mass is 16.5. The predicted molar refractivity (Wildman–Crippen MR) is 89.3 cm³/mol.